The van der Waals surface area contributed by atoms with E-state index in [0.717, 1.165) is 37.4 Å². The topological polar surface area (TPSA) is 49.3 Å². The van der Waals surface area contributed by atoms with E-state index in [1.807, 2.05) is 18.7 Å². The Morgan fingerprint density at radius 3 is 2.63 bits per heavy atom. The van der Waals surface area contributed by atoms with Gasteiger partial charge in [0.25, 0.3) is 5.91 Å². The Hall–Kier alpha value is -1.49. The van der Waals surface area contributed by atoms with Gasteiger partial charge in [0.05, 0.1) is 0 Å². The van der Waals surface area contributed by atoms with Crippen LogP contribution in [0.25, 0.3) is 0 Å². The van der Waals surface area contributed by atoms with Crippen LogP contribution in [-0.4, -0.2) is 58.9 Å². The fraction of sp³-hybridized carbons (Fsp3) is 0.643. The molecule has 5 nitrogen and oxygen atoms in total. The van der Waals surface area contributed by atoms with Crippen LogP contribution in [0.3, 0.4) is 0 Å². The third kappa shape index (κ3) is 2.02. The summed E-state index contributed by atoms with van der Waals surface area (Å²) in [5.41, 5.74) is 2.69. The molecule has 102 valence electrons. The van der Waals surface area contributed by atoms with Gasteiger partial charge in [0, 0.05) is 36.3 Å². The maximum absolute atomic E-state index is 12.4. The highest BCUT2D eigenvalue weighted by atomic mass is 16.2. The van der Waals surface area contributed by atoms with Crippen LogP contribution in [0.15, 0.2) is 6.33 Å². The smallest absolute Gasteiger partial charge is 0.272 e. The van der Waals surface area contributed by atoms with E-state index in [1.165, 1.54) is 12.7 Å². The standard InChI is InChI=1S/C14H20N4O/c1-10-11(2)15-9-16-12(10)13(19)18-7-14(8-18)4-5-17(3)6-14/h9H,4-8H2,1-3H3. The predicted octanol–water partition coefficient (Wildman–Crippen LogP) is 0.871. The second-order valence-corrected chi connectivity index (χ2v) is 6.08. The zero-order valence-corrected chi connectivity index (χ0v) is 11.8. The summed E-state index contributed by atoms with van der Waals surface area (Å²) in [4.78, 5) is 25.0. The summed E-state index contributed by atoms with van der Waals surface area (Å²) < 4.78 is 0. The van der Waals surface area contributed by atoms with Gasteiger partial charge in [-0.3, -0.25) is 4.79 Å². The van der Waals surface area contributed by atoms with Crippen molar-refractivity contribution in [2.75, 3.05) is 33.2 Å². The molecule has 0 aromatic carbocycles. The highest BCUT2D eigenvalue weighted by molar-refractivity contribution is 5.94. The molecule has 1 spiro atoms. The molecule has 0 atom stereocenters. The molecule has 0 aliphatic carbocycles. The van der Waals surface area contributed by atoms with Gasteiger partial charge in [-0.15, -0.1) is 0 Å². The summed E-state index contributed by atoms with van der Waals surface area (Å²) >= 11 is 0. The van der Waals surface area contributed by atoms with E-state index >= 15 is 0 Å². The lowest BCUT2D eigenvalue weighted by molar-refractivity contribution is 0.0112. The second-order valence-electron chi connectivity index (χ2n) is 6.08. The van der Waals surface area contributed by atoms with Crippen molar-refractivity contribution in [1.82, 2.24) is 19.8 Å². The molecular weight excluding hydrogens is 240 g/mol. The summed E-state index contributed by atoms with van der Waals surface area (Å²) in [6.45, 7) is 7.84. The number of aryl methyl sites for hydroxylation is 1. The minimum atomic E-state index is 0.0585. The van der Waals surface area contributed by atoms with Gasteiger partial charge >= 0.3 is 0 Å². The Morgan fingerprint density at radius 2 is 2.00 bits per heavy atom. The lowest BCUT2D eigenvalue weighted by Gasteiger charge is -2.48. The van der Waals surface area contributed by atoms with Crippen LogP contribution >= 0.6 is 0 Å². The zero-order chi connectivity index (χ0) is 13.6. The van der Waals surface area contributed by atoms with E-state index in [4.69, 9.17) is 0 Å². The monoisotopic (exact) mass is 260 g/mol. The van der Waals surface area contributed by atoms with E-state index in [-0.39, 0.29) is 5.91 Å². The number of nitrogens with zero attached hydrogens (tertiary/aromatic N) is 4. The van der Waals surface area contributed by atoms with Gasteiger partial charge in [0.15, 0.2) is 0 Å². The van der Waals surface area contributed by atoms with Gasteiger partial charge in [-0.1, -0.05) is 0 Å². The molecular formula is C14H20N4O. The molecule has 1 aromatic heterocycles. The van der Waals surface area contributed by atoms with Crippen LogP contribution in [0, 0.1) is 19.3 Å². The molecule has 2 aliphatic rings. The van der Waals surface area contributed by atoms with E-state index in [1.54, 1.807) is 0 Å². The molecule has 0 radical (unpaired) electrons. The van der Waals surface area contributed by atoms with Crippen LogP contribution in [-0.2, 0) is 0 Å². The van der Waals surface area contributed by atoms with Gasteiger partial charge < -0.3 is 9.80 Å². The Labute approximate surface area is 113 Å². The first kappa shape index (κ1) is 12.5. The molecule has 0 bridgehead atoms. The van der Waals surface area contributed by atoms with E-state index in [2.05, 4.69) is 21.9 Å². The lowest BCUT2D eigenvalue weighted by Crippen LogP contribution is -2.59. The van der Waals surface area contributed by atoms with Crippen LogP contribution in [0.2, 0.25) is 0 Å². The number of rotatable bonds is 1. The normalized spacial score (nSPS) is 21.7. The molecule has 0 N–H and O–H groups in total. The van der Waals surface area contributed by atoms with Gasteiger partial charge in [-0.05, 0) is 33.9 Å². The molecule has 0 saturated carbocycles. The van der Waals surface area contributed by atoms with Crippen molar-refractivity contribution in [1.29, 1.82) is 0 Å². The lowest BCUT2D eigenvalue weighted by atomic mass is 9.79. The summed E-state index contributed by atoms with van der Waals surface area (Å²) in [6.07, 6.45) is 2.68. The largest absolute Gasteiger partial charge is 0.336 e. The van der Waals surface area contributed by atoms with Gasteiger partial charge in [0.2, 0.25) is 0 Å². The second kappa shape index (κ2) is 4.27. The first-order chi connectivity index (χ1) is 9.01. The first-order valence-corrected chi connectivity index (χ1v) is 6.77. The van der Waals surface area contributed by atoms with Crippen molar-refractivity contribution in [2.45, 2.75) is 20.3 Å². The molecule has 19 heavy (non-hydrogen) atoms. The molecule has 1 aromatic rings. The minimum absolute atomic E-state index is 0.0585. The molecule has 1 amide bonds. The maximum atomic E-state index is 12.4. The summed E-state index contributed by atoms with van der Waals surface area (Å²) in [7, 11) is 2.15. The Bertz CT molecular complexity index is 522. The number of amides is 1. The van der Waals surface area contributed by atoms with Gasteiger partial charge in [-0.2, -0.15) is 0 Å². The number of carbonyl (C=O) groups excluding carboxylic acids is 1. The van der Waals surface area contributed by atoms with Crippen molar-refractivity contribution < 1.29 is 4.79 Å². The molecule has 3 heterocycles. The highest BCUT2D eigenvalue weighted by Gasteiger charge is 2.48. The highest BCUT2D eigenvalue weighted by Crippen LogP contribution is 2.39. The summed E-state index contributed by atoms with van der Waals surface area (Å²) in [5.74, 6) is 0.0585. The quantitative estimate of drug-likeness (QED) is 0.752. The number of hydrogen-bond acceptors (Lipinski definition) is 4. The van der Waals surface area contributed by atoms with Crippen LogP contribution in [0.5, 0.6) is 0 Å². The van der Waals surface area contributed by atoms with Crippen molar-refractivity contribution in [3.8, 4) is 0 Å². The molecule has 2 aliphatic heterocycles. The van der Waals surface area contributed by atoms with Crippen LogP contribution in [0.1, 0.15) is 28.2 Å². The van der Waals surface area contributed by atoms with E-state index < -0.39 is 0 Å². The molecule has 2 fully saturated rings. The van der Waals surface area contributed by atoms with Crippen molar-refractivity contribution in [2.24, 2.45) is 5.41 Å². The van der Waals surface area contributed by atoms with Gasteiger partial charge in [0.1, 0.15) is 12.0 Å². The third-order valence-electron chi connectivity index (χ3n) is 4.51. The Kier molecular flexibility index (Phi) is 2.82. The zero-order valence-electron chi connectivity index (χ0n) is 11.8. The van der Waals surface area contributed by atoms with Crippen molar-refractivity contribution in [3.05, 3.63) is 23.3 Å². The van der Waals surface area contributed by atoms with Crippen molar-refractivity contribution in [3.63, 3.8) is 0 Å². The minimum Gasteiger partial charge on any atom is -0.336 e. The van der Waals surface area contributed by atoms with E-state index in [9.17, 15) is 4.79 Å². The molecule has 5 heteroatoms. The summed E-state index contributed by atoms with van der Waals surface area (Å²) in [5, 5.41) is 0. The van der Waals surface area contributed by atoms with Gasteiger partial charge in [-0.25, -0.2) is 9.97 Å². The average Bonchev–Trinajstić information content (AvgIpc) is 2.72. The average molecular weight is 260 g/mol. The number of carbonyl (C=O) groups is 1. The summed E-state index contributed by atoms with van der Waals surface area (Å²) in [6, 6.07) is 0. The first-order valence-electron chi connectivity index (χ1n) is 6.77. The fourth-order valence-electron chi connectivity index (χ4n) is 3.23. The van der Waals surface area contributed by atoms with Crippen molar-refractivity contribution >= 4 is 5.91 Å². The molecule has 0 unspecified atom stereocenters. The predicted molar refractivity (Wildman–Crippen MR) is 72.0 cm³/mol. The fourth-order valence-corrected chi connectivity index (χ4v) is 3.23. The molecule has 2 saturated heterocycles. The van der Waals surface area contributed by atoms with Crippen LogP contribution in [0.4, 0.5) is 0 Å². The SMILES string of the molecule is Cc1ncnc(C(=O)N2CC3(CCN(C)C3)C2)c1C. The Balaban J connectivity index is 1.72. The number of hydrogen-bond donors (Lipinski definition) is 0. The Morgan fingerprint density at radius 1 is 1.26 bits per heavy atom. The third-order valence-corrected chi connectivity index (χ3v) is 4.51. The maximum Gasteiger partial charge on any atom is 0.272 e. The number of aromatic nitrogens is 2. The van der Waals surface area contributed by atoms with E-state index in [0.29, 0.717) is 11.1 Å². The number of likely N-dealkylation sites (tertiary alicyclic amines) is 2. The molecule has 3 rings (SSSR count). The van der Waals surface area contributed by atoms with Crippen LogP contribution < -0.4 is 0 Å².